The number of amides is 1. The van der Waals surface area contributed by atoms with Crippen molar-refractivity contribution in [3.8, 4) is 0 Å². The van der Waals surface area contributed by atoms with E-state index in [0.717, 1.165) is 19.4 Å². The Morgan fingerprint density at radius 1 is 1.33 bits per heavy atom. The van der Waals surface area contributed by atoms with E-state index in [1.165, 1.54) is 22.0 Å². The zero-order chi connectivity index (χ0) is 18.4. The Morgan fingerprint density at radius 2 is 2.19 bits per heavy atom. The number of aromatic amines is 1. The molecule has 5 rings (SSSR count). The minimum atomic E-state index is -0.193. The topological polar surface area (TPSA) is 57.8 Å². The van der Waals surface area contributed by atoms with E-state index in [0.29, 0.717) is 50.8 Å². The van der Waals surface area contributed by atoms with Crippen LogP contribution in [-0.2, 0) is 15.9 Å². The second kappa shape index (κ2) is 6.84. The largest absolute Gasteiger partial charge is 0.449 e. The highest BCUT2D eigenvalue weighted by Gasteiger charge is 2.39. The number of fused-ring (bicyclic) bond motifs is 2. The number of morpholine rings is 1. The molecule has 0 spiro atoms. The van der Waals surface area contributed by atoms with Crippen molar-refractivity contribution in [1.29, 1.82) is 0 Å². The first kappa shape index (κ1) is 17.1. The predicted molar refractivity (Wildman–Crippen MR) is 103 cm³/mol. The van der Waals surface area contributed by atoms with Crippen molar-refractivity contribution in [2.45, 2.75) is 24.8 Å². The minimum Gasteiger partial charge on any atom is -0.449 e. The number of rotatable bonds is 2. The monoisotopic (exact) mass is 369 g/mol. The number of hydrogen-bond donors (Lipinski definition) is 1. The molecule has 2 aliphatic heterocycles. The van der Waals surface area contributed by atoms with Gasteiger partial charge in [-0.3, -0.25) is 0 Å². The van der Waals surface area contributed by atoms with Gasteiger partial charge in [0.2, 0.25) is 0 Å². The van der Waals surface area contributed by atoms with Crippen molar-refractivity contribution in [3.63, 3.8) is 0 Å². The molecule has 0 saturated carbocycles. The highest BCUT2D eigenvalue weighted by Crippen LogP contribution is 2.44. The lowest BCUT2D eigenvalue weighted by atomic mass is 9.72. The molecule has 0 radical (unpaired) electrons. The molecule has 3 atom stereocenters. The fourth-order valence-electron chi connectivity index (χ4n) is 5.20. The Balaban J connectivity index is 1.30. The van der Waals surface area contributed by atoms with Gasteiger partial charge in [-0.2, -0.15) is 0 Å². The van der Waals surface area contributed by atoms with Gasteiger partial charge < -0.3 is 24.3 Å². The van der Waals surface area contributed by atoms with Crippen LogP contribution < -0.4 is 0 Å². The summed E-state index contributed by atoms with van der Waals surface area (Å²) in [5, 5.41) is 1.41. The molecule has 144 valence electrons. The predicted octanol–water partition coefficient (Wildman–Crippen LogP) is 2.60. The fourth-order valence-corrected chi connectivity index (χ4v) is 5.20. The van der Waals surface area contributed by atoms with Crippen molar-refractivity contribution >= 4 is 17.0 Å². The average molecular weight is 369 g/mol. The Labute approximate surface area is 159 Å². The van der Waals surface area contributed by atoms with Crippen LogP contribution in [-0.4, -0.2) is 73.4 Å². The summed E-state index contributed by atoms with van der Waals surface area (Å²) in [6, 6.07) is 7.14. The Morgan fingerprint density at radius 3 is 3.04 bits per heavy atom. The number of nitrogens with zero attached hydrogens (tertiary/aromatic N) is 2. The maximum atomic E-state index is 12.3. The molecule has 1 aromatic heterocycles. The molecule has 6 nitrogen and oxygen atoms in total. The molecule has 1 amide bonds. The van der Waals surface area contributed by atoms with E-state index in [9.17, 15) is 4.79 Å². The summed E-state index contributed by atoms with van der Waals surface area (Å²) in [6.07, 6.45) is 4.16. The van der Waals surface area contributed by atoms with Crippen molar-refractivity contribution in [3.05, 3.63) is 35.5 Å². The molecule has 2 fully saturated rings. The molecule has 3 aliphatic rings. The summed E-state index contributed by atoms with van der Waals surface area (Å²) < 4.78 is 11.0. The quantitative estimate of drug-likeness (QED) is 0.884. The summed E-state index contributed by atoms with van der Waals surface area (Å²) >= 11 is 0. The van der Waals surface area contributed by atoms with Gasteiger partial charge in [-0.1, -0.05) is 12.1 Å². The lowest BCUT2D eigenvalue weighted by molar-refractivity contribution is 0.0132. The zero-order valence-corrected chi connectivity index (χ0v) is 15.8. The number of nitrogens with one attached hydrogen (secondary N) is 1. The summed E-state index contributed by atoms with van der Waals surface area (Å²) in [6.45, 7) is 3.95. The third-order valence-electron chi connectivity index (χ3n) is 6.52. The number of carbonyl (C=O) groups is 1. The minimum absolute atomic E-state index is 0.193. The third kappa shape index (κ3) is 3.01. The van der Waals surface area contributed by atoms with Crippen molar-refractivity contribution in [2.24, 2.45) is 5.92 Å². The Bertz CT molecular complexity index is 842. The lowest BCUT2D eigenvalue weighted by Crippen LogP contribution is -2.49. The normalized spacial score (nSPS) is 28.2. The second-order valence-corrected chi connectivity index (χ2v) is 8.18. The summed E-state index contributed by atoms with van der Waals surface area (Å²) in [4.78, 5) is 20.0. The Hall–Kier alpha value is -2.05. The average Bonchev–Trinajstić information content (AvgIpc) is 3.12. The number of ether oxygens (including phenoxy) is 2. The molecule has 1 aromatic carbocycles. The Kier molecular flexibility index (Phi) is 4.32. The van der Waals surface area contributed by atoms with E-state index in [2.05, 4.69) is 41.3 Å². The summed E-state index contributed by atoms with van der Waals surface area (Å²) in [5.41, 5.74) is 4.13. The number of H-pyrrole nitrogens is 1. The number of aromatic nitrogens is 1. The molecule has 2 saturated heterocycles. The number of benzene rings is 1. The van der Waals surface area contributed by atoms with Gasteiger partial charge in [-0.15, -0.1) is 0 Å². The van der Waals surface area contributed by atoms with Gasteiger partial charge in [0.05, 0.1) is 19.8 Å². The van der Waals surface area contributed by atoms with Gasteiger partial charge in [0.25, 0.3) is 0 Å². The number of hydrogen-bond acceptors (Lipinski definition) is 4. The molecule has 6 heteroatoms. The van der Waals surface area contributed by atoms with Crippen LogP contribution in [0, 0.1) is 5.92 Å². The van der Waals surface area contributed by atoms with E-state index >= 15 is 0 Å². The molecular formula is C21H27N3O3. The number of carbonyl (C=O) groups excluding carboxylic acids is 1. The molecule has 1 N–H and O–H groups in total. The van der Waals surface area contributed by atoms with E-state index in [1.54, 1.807) is 4.90 Å². The van der Waals surface area contributed by atoms with Crippen molar-refractivity contribution in [1.82, 2.24) is 14.8 Å². The van der Waals surface area contributed by atoms with Crippen LogP contribution in [0.3, 0.4) is 0 Å². The van der Waals surface area contributed by atoms with Gasteiger partial charge in [-0.25, -0.2) is 4.79 Å². The molecule has 0 bridgehead atoms. The van der Waals surface area contributed by atoms with Crippen LogP contribution in [0.25, 0.3) is 10.9 Å². The highest BCUT2D eigenvalue weighted by atomic mass is 16.6. The zero-order valence-electron chi connectivity index (χ0n) is 15.8. The van der Waals surface area contributed by atoms with E-state index < -0.39 is 0 Å². The van der Waals surface area contributed by atoms with Crippen LogP contribution in [0.5, 0.6) is 0 Å². The van der Waals surface area contributed by atoms with Crippen LogP contribution in [0.4, 0.5) is 4.79 Å². The van der Waals surface area contributed by atoms with E-state index in [4.69, 9.17) is 9.47 Å². The highest BCUT2D eigenvalue weighted by molar-refractivity contribution is 5.88. The first-order valence-electron chi connectivity index (χ1n) is 9.99. The van der Waals surface area contributed by atoms with Crippen LogP contribution >= 0.6 is 0 Å². The standard InChI is InChI=1S/C21H27N3O3/c1-23-12-14(13-27-21(25)24-5-7-26-8-6-24)9-17-16-3-2-4-18-20(16)15(11-22-18)10-19(17)23/h2-4,11,14,17,19,22H,5-10,12-13H2,1H3/t14-,17?,19-/m1/s1. The molecule has 27 heavy (non-hydrogen) atoms. The molecule has 3 heterocycles. The fraction of sp³-hybridized carbons (Fsp3) is 0.571. The lowest BCUT2D eigenvalue weighted by Gasteiger charge is -2.45. The van der Waals surface area contributed by atoms with Gasteiger partial charge in [-0.05, 0) is 37.1 Å². The SMILES string of the molecule is CN1C[C@H](COC(=O)N2CCOCC2)CC2c3cccc4[nH]cc(c34)C[C@H]21. The summed E-state index contributed by atoms with van der Waals surface area (Å²) in [5.74, 6) is 0.875. The van der Waals surface area contributed by atoms with E-state index in [1.807, 2.05) is 0 Å². The van der Waals surface area contributed by atoms with Crippen LogP contribution in [0.1, 0.15) is 23.5 Å². The molecule has 1 aliphatic carbocycles. The second-order valence-electron chi connectivity index (χ2n) is 8.18. The van der Waals surface area contributed by atoms with Gasteiger partial charge in [0, 0.05) is 54.6 Å². The molecule has 1 unspecified atom stereocenters. The maximum Gasteiger partial charge on any atom is 0.409 e. The first-order chi connectivity index (χ1) is 13.2. The van der Waals surface area contributed by atoms with Gasteiger partial charge in [0.1, 0.15) is 0 Å². The third-order valence-corrected chi connectivity index (χ3v) is 6.52. The van der Waals surface area contributed by atoms with E-state index in [-0.39, 0.29) is 6.09 Å². The first-order valence-corrected chi connectivity index (χ1v) is 9.99. The smallest absolute Gasteiger partial charge is 0.409 e. The van der Waals surface area contributed by atoms with Gasteiger partial charge >= 0.3 is 6.09 Å². The van der Waals surface area contributed by atoms with Crippen molar-refractivity contribution < 1.29 is 14.3 Å². The van der Waals surface area contributed by atoms with Gasteiger partial charge in [0.15, 0.2) is 0 Å². The van der Waals surface area contributed by atoms with Crippen molar-refractivity contribution in [2.75, 3.05) is 46.5 Å². The van der Waals surface area contributed by atoms with Crippen LogP contribution in [0.15, 0.2) is 24.4 Å². The number of likely N-dealkylation sites (tertiary alicyclic amines) is 1. The van der Waals surface area contributed by atoms with Crippen LogP contribution in [0.2, 0.25) is 0 Å². The molecule has 2 aromatic rings. The number of piperidine rings is 1. The summed E-state index contributed by atoms with van der Waals surface area (Å²) in [7, 11) is 2.21. The maximum absolute atomic E-state index is 12.3. The molecular weight excluding hydrogens is 342 g/mol. The number of likely N-dealkylation sites (N-methyl/N-ethyl adjacent to an activating group) is 1.